The van der Waals surface area contributed by atoms with Gasteiger partial charge in [-0.15, -0.1) is 9.66 Å². The highest BCUT2D eigenvalue weighted by atomic mass is 32.3. The number of hydrogen-bond acceptors (Lipinski definition) is 6. The maximum absolute atomic E-state index is 12.2. The average molecular weight is 429 g/mol. The van der Waals surface area contributed by atoms with Crippen LogP contribution in [0.2, 0.25) is 0 Å². The molecule has 0 aliphatic heterocycles. The molecule has 0 aromatic heterocycles. The summed E-state index contributed by atoms with van der Waals surface area (Å²) < 4.78 is 48.7. The van der Waals surface area contributed by atoms with Crippen LogP contribution in [-0.2, 0) is 20.0 Å². The van der Waals surface area contributed by atoms with Crippen molar-refractivity contribution in [2.24, 2.45) is 10.8 Å². The molecule has 2 aliphatic carbocycles. The number of thiocarbonyl (C=S) groups is 2. The van der Waals surface area contributed by atoms with E-state index in [-0.39, 0.29) is 10.8 Å². The van der Waals surface area contributed by atoms with Crippen molar-refractivity contribution >= 4 is 54.5 Å². The van der Waals surface area contributed by atoms with E-state index in [0.29, 0.717) is 9.98 Å². The van der Waals surface area contributed by atoms with Crippen LogP contribution < -0.4 is 9.66 Å². The Balaban J connectivity index is 1.95. The molecular weight excluding hydrogens is 404 g/mol. The van der Waals surface area contributed by atoms with Crippen LogP contribution in [0.3, 0.4) is 0 Å². The van der Waals surface area contributed by atoms with Crippen molar-refractivity contribution in [3.63, 3.8) is 0 Å². The van der Waals surface area contributed by atoms with Crippen LogP contribution in [0, 0.1) is 10.8 Å². The molecule has 0 unspecified atom stereocenters. The number of sulfonamides is 2. The van der Waals surface area contributed by atoms with Gasteiger partial charge in [-0.3, -0.25) is 10.0 Å². The first-order chi connectivity index (χ1) is 11.2. The molecule has 2 fully saturated rings. The molecule has 0 amide bonds. The molecule has 2 saturated carbocycles. The Morgan fingerprint density at radius 1 is 0.840 bits per heavy atom. The second-order valence-corrected chi connectivity index (χ2v) is 11.9. The highest BCUT2D eigenvalue weighted by molar-refractivity contribution is 8.06. The van der Waals surface area contributed by atoms with Gasteiger partial charge in [-0.05, 0) is 25.7 Å². The molecule has 0 heterocycles. The van der Waals surface area contributed by atoms with Crippen LogP contribution in [0.15, 0.2) is 0 Å². The van der Waals surface area contributed by atoms with E-state index in [1.807, 2.05) is 13.8 Å². The minimum absolute atomic E-state index is 0.199. The first-order valence-corrected chi connectivity index (χ1v) is 11.9. The summed E-state index contributed by atoms with van der Waals surface area (Å²) in [5.41, 5.74) is -0.397. The molecule has 144 valence electrons. The normalized spacial score (nSPS) is 20.6. The van der Waals surface area contributed by atoms with E-state index < -0.39 is 25.1 Å². The molecular formula is C13H24N4O4S4. The van der Waals surface area contributed by atoms with E-state index in [1.165, 1.54) is 24.1 Å². The van der Waals surface area contributed by atoms with E-state index in [4.69, 9.17) is 24.4 Å². The lowest BCUT2D eigenvalue weighted by atomic mass is 10.1. The predicted molar refractivity (Wildman–Crippen MR) is 104 cm³/mol. The van der Waals surface area contributed by atoms with Gasteiger partial charge >= 0.3 is 0 Å². The van der Waals surface area contributed by atoms with Crippen LogP contribution >= 0.6 is 24.4 Å². The topological polar surface area (TPSA) is 98.8 Å². The maximum Gasteiger partial charge on any atom is 0.244 e. The quantitative estimate of drug-likeness (QED) is 0.431. The van der Waals surface area contributed by atoms with Crippen molar-refractivity contribution in [3.05, 3.63) is 0 Å². The molecule has 2 aliphatic rings. The van der Waals surface area contributed by atoms with Crippen LogP contribution in [0.5, 0.6) is 0 Å². The van der Waals surface area contributed by atoms with Gasteiger partial charge in [-0.1, -0.05) is 38.3 Å². The van der Waals surface area contributed by atoms with Crippen LogP contribution in [-0.4, -0.2) is 56.0 Å². The summed E-state index contributed by atoms with van der Waals surface area (Å²) in [4.78, 5) is 5.29. The second kappa shape index (κ2) is 6.64. The fraction of sp³-hybridized carbons (Fsp3) is 0.846. The SMILES string of the molecule is CN(NS(=O)(=O)CS(=O)(=O)NN(C)C(=S)C1(C)CC1)C(=S)C1(C)CC1. The molecule has 0 radical (unpaired) electrons. The average Bonchev–Trinajstić information content (AvgIpc) is 3.35. The van der Waals surface area contributed by atoms with Gasteiger partial charge in [0.05, 0.1) is 9.98 Å². The number of nitrogens with one attached hydrogen (secondary N) is 2. The standard InChI is InChI=1S/C13H24N4O4S4/c1-12(5-6-12)10(22)16(3)14-24(18,19)9-25(20,21)15-17(4)11(23)13(2)7-8-13/h14-15H,5-9H2,1-4H3. The molecule has 0 saturated heterocycles. The molecule has 0 aromatic carbocycles. The minimum atomic E-state index is -4.14. The molecule has 0 bridgehead atoms. The molecule has 0 aromatic rings. The highest BCUT2D eigenvalue weighted by Crippen LogP contribution is 2.47. The van der Waals surface area contributed by atoms with E-state index in [0.717, 1.165) is 25.7 Å². The van der Waals surface area contributed by atoms with Gasteiger partial charge in [-0.25, -0.2) is 16.8 Å². The summed E-state index contributed by atoms with van der Waals surface area (Å²) in [6.45, 7) is 3.87. The molecule has 2 N–H and O–H groups in total. The first-order valence-electron chi connectivity index (χ1n) is 7.76. The lowest BCUT2D eigenvalue weighted by Crippen LogP contribution is -2.50. The monoisotopic (exact) mass is 428 g/mol. The van der Waals surface area contributed by atoms with E-state index >= 15 is 0 Å². The van der Waals surface area contributed by atoms with Gasteiger partial charge in [0, 0.05) is 24.9 Å². The number of rotatable bonds is 8. The summed E-state index contributed by atoms with van der Waals surface area (Å²) >= 11 is 10.5. The van der Waals surface area contributed by atoms with Crippen molar-refractivity contribution in [2.75, 3.05) is 19.2 Å². The lowest BCUT2D eigenvalue weighted by Gasteiger charge is -2.26. The molecule has 0 spiro atoms. The van der Waals surface area contributed by atoms with Gasteiger partial charge in [0.1, 0.15) is 0 Å². The number of hydrogen-bond donors (Lipinski definition) is 2. The van der Waals surface area contributed by atoms with Crippen molar-refractivity contribution in [1.29, 1.82) is 0 Å². The zero-order valence-electron chi connectivity index (χ0n) is 14.7. The summed E-state index contributed by atoms with van der Waals surface area (Å²) in [6, 6.07) is 0. The highest BCUT2D eigenvalue weighted by Gasteiger charge is 2.45. The second-order valence-electron chi connectivity index (χ2n) is 7.38. The predicted octanol–water partition coefficient (Wildman–Crippen LogP) is 0.731. The Kier molecular flexibility index (Phi) is 5.55. The third kappa shape index (κ3) is 5.30. The van der Waals surface area contributed by atoms with Gasteiger partial charge in [0.25, 0.3) is 0 Å². The zero-order valence-corrected chi connectivity index (χ0v) is 18.0. The summed E-state index contributed by atoms with van der Waals surface area (Å²) in [5.74, 6) is 0. The Morgan fingerprint density at radius 3 is 1.36 bits per heavy atom. The zero-order chi connectivity index (χ0) is 19.3. The van der Waals surface area contributed by atoms with Gasteiger partial charge in [-0.2, -0.15) is 0 Å². The summed E-state index contributed by atoms with van der Waals surface area (Å²) in [7, 11) is -5.34. The number of nitrogens with zero attached hydrogens (tertiary/aromatic N) is 2. The van der Waals surface area contributed by atoms with Crippen LogP contribution in [0.1, 0.15) is 39.5 Å². The van der Waals surface area contributed by atoms with Crippen molar-refractivity contribution in [3.8, 4) is 0 Å². The Labute approximate surface area is 160 Å². The molecule has 12 heteroatoms. The number of hydrazine groups is 2. The van der Waals surface area contributed by atoms with Crippen molar-refractivity contribution in [2.45, 2.75) is 39.5 Å². The van der Waals surface area contributed by atoms with Crippen molar-refractivity contribution < 1.29 is 16.8 Å². The largest absolute Gasteiger partial charge is 0.291 e. The first kappa shape index (κ1) is 20.9. The molecule has 2 rings (SSSR count). The van der Waals surface area contributed by atoms with E-state index in [2.05, 4.69) is 9.66 Å². The fourth-order valence-corrected chi connectivity index (χ4v) is 6.06. The van der Waals surface area contributed by atoms with Gasteiger partial charge in [0.15, 0.2) is 5.08 Å². The van der Waals surface area contributed by atoms with Gasteiger partial charge < -0.3 is 0 Å². The third-order valence-electron chi connectivity index (χ3n) is 4.50. The Hall–Kier alpha value is -0.400. The minimum Gasteiger partial charge on any atom is -0.291 e. The van der Waals surface area contributed by atoms with Crippen LogP contribution in [0.25, 0.3) is 0 Å². The smallest absolute Gasteiger partial charge is 0.244 e. The molecule has 0 atom stereocenters. The molecule has 25 heavy (non-hydrogen) atoms. The van der Waals surface area contributed by atoms with Crippen LogP contribution in [0.4, 0.5) is 0 Å². The Bertz CT molecular complexity index is 719. The maximum atomic E-state index is 12.2. The van der Waals surface area contributed by atoms with E-state index in [9.17, 15) is 16.8 Å². The summed E-state index contributed by atoms with van der Waals surface area (Å²) in [6.07, 6.45) is 3.55. The van der Waals surface area contributed by atoms with Crippen molar-refractivity contribution in [1.82, 2.24) is 19.7 Å². The fourth-order valence-electron chi connectivity index (χ4n) is 2.37. The van der Waals surface area contributed by atoms with Gasteiger partial charge in [0.2, 0.25) is 20.0 Å². The van der Waals surface area contributed by atoms with E-state index in [1.54, 1.807) is 0 Å². The third-order valence-corrected chi connectivity index (χ3v) is 9.62. The lowest BCUT2D eigenvalue weighted by molar-refractivity contribution is 0.424. The molecule has 8 nitrogen and oxygen atoms in total. The summed E-state index contributed by atoms with van der Waals surface area (Å²) in [5, 5.41) is 1.28. The Morgan fingerprint density at radius 2 is 1.12 bits per heavy atom.